The summed E-state index contributed by atoms with van der Waals surface area (Å²) in [5.41, 5.74) is 1.13. The van der Waals surface area contributed by atoms with Crippen molar-refractivity contribution in [3.8, 4) is 0 Å². The number of rotatable bonds is 6. The molecule has 2 rings (SSSR count). The first-order valence-electron chi connectivity index (χ1n) is 7.18. The molecule has 0 bridgehead atoms. The number of likely N-dealkylation sites (tertiary alicyclic amines) is 1. The van der Waals surface area contributed by atoms with E-state index in [4.69, 9.17) is 0 Å². The molecular weight excluding hydrogens is 284 g/mol. The Morgan fingerprint density at radius 1 is 1.38 bits per heavy atom. The highest BCUT2D eigenvalue weighted by Gasteiger charge is 2.40. The summed E-state index contributed by atoms with van der Waals surface area (Å²) in [6, 6.07) is 10.0. The van der Waals surface area contributed by atoms with Gasteiger partial charge in [0, 0.05) is 26.6 Å². The molecular formula is C16H22N2O2S. The van der Waals surface area contributed by atoms with Crippen LogP contribution in [0, 0.1) is 11.8 Å². The van der Waals surface area contributed by atoms with E-state index in [0.29, 0.717) is 13.0 Å². The van der Waals surface area contributed by atoms with E-state index in [0.717, 1.165) is 17.9 Å². The summed E-state index contributed by atoms with van der Waals surface area (Å²) in [6.45, 7) is 1.38. The Kier molecular flexibility index (Phi) is 5.67. The maximum absolute atomic E-state index is 12.6. The lowest BCUT2D eigenvalue weighted by Gasteiger charge is -2.16. The molecule has 114 valence electrons. The summed E-state index contributed by atoms with van der Waals surface area (Å²) in [5.74, 6) is 1.05. The highest BCUT2D eigenvalue weighted by molar-refractivity contribution is 7.98. The van der Waals surface area contributed by atoms with Crippen LogP contribution in [0.2, 0.25) is 0 Å². The van der Waals surface area contributed by atoms with Crippen molar-refractivity contribution < 1.29 is 9.59 Å². The molecule has 0 radical (unpaired) electrons. The number of amides is 2. The zero-order valence-corrected chi connectivity index (χ0v) is 13.4. The molecule has 1 saturated heterocycles. The molecule has 0 aromatic heterocycles. The number of carbonyl (C=O) groups excluding carboxylic acids is 2. The van der Waals surface area contributed by atoms with Crippen molar-refractivity contribution in [2.24, 2.45) is 11.8 Å². The predicted octanol–water partition coefficient (Wildman–Crippen LogP) is 1.76. The van der Waals surface area contributed by atoms with Crippen molar-refractivity contribution in [3.05, 3.63) is 35.9 Å². The van der Waals surface area contributed by atoms with Crippen LogP contribution in [0.1, 0.15) is 12.0 Å². The monoisotopic (exact) mass is 306 g/mol. The van der Waals surface area contributed by atoms with Gasteiger partial charge < -0.3 is 10.2 Å². The first-order chi connectivity index (χ1) is 10.2. The molecule has 2 amide bonds. The summed E-state index contributed by atoms with van der Waals surface area (Å²) < 4.78 is 0. The van der Waals surface area contributed by atoms with Gasteiger partial charge in [-0.05, 0) is 23.5 Å². The minimum absolute atomic E-state index is 0.0546. The van der Waals surface area contributed by atoms with Crippen LogP contribution in [-0.2, 0) is 16.1 Å². The number of carbonyl (C=O) groups is 2. The first-order valence-corrected chi connectivity index (χ1v) is 8.57. The predicted molar refractivity (Wildman–Crippen MR) is 85.9 cm³/mol. The second kappa shape index (κ2) is 7.50. The molecule has 1 aromatic rings. The van der Waals surface area contributed by atoms with Crippen LogP contribution in [0.3, 0.4) is 0 Å². The Bertz CT molecular complexity index is 492. The Balaban J connectivity index is 2.07. The molecule has 1 fully saturated rings. The van der Waals surface area contributed by atoms with E-state index in [1.165, 1.54) is 0 Å². The lowest BCUT2D eigenvalue weighted by atomic mass is 9.93. The normalized spacial score (nSPS) is 21.6. The molecule has 2 atom stereocenters. The lowest BCUT2D eigenvalue weighted by molar-refractivity contribution is -0.134. The molecule has 21 heavy (non-hydrogen) atoms. The first kappa shape index (κ1) is 15.9. The van der Waals surface area contributed by atoms with Crippen LogP contribution in [0.25, 0.3) is 0 Å². The Hall–Kier alpha value is -1.49. The van der Waals surface area contributed by atoms with E-state index in [1.54, 1.807) is 18.8 Å². The molecule has 1 aromatic carbocycles. The average molecular weight is 306 g/mol. The van der Waals surface area contributed by atoms with Crippen LogP contribution in [0.15, 0.2) is 30.3 Å². The second-order valence-corrected chi connectivity index (χ2v) is 6.31. The second-order valence-electron chi connectivity index (χ2n) is 5.40. The third-order valence-corrected chi connectivity index (χ3v) is 4.70. The minimum Gasteiger partial charge on any atom is -0.359 e. The van der Waals surface area contributed by atoms with Gasteiger partial charge in [-0.2, -0.15) is 11.8 Å². The van der Waals surface area contributed by atoms with E-state index in [1.807, 2.05) is 41.5 Å². The third kappa shape index (κ3) is 4.00. The van der Waals surface area contributed by atoms with Gasteiger partial charge in [-0.15, -0.1) is 0 Å². The standard InChI is InChI=1S/C16H22N2O2S/c1-17-15(19)8-14-13(11-21-2)10-18(16(14)20)9-12-6-4-3-5-7-12/h3-7,13-14H,8-11H2,1-2H3,(H,17,19)/t13-,14-/m1/s1. The van der Waals surface area contributed by atoms with Gasteiger partial charge in [0.15, 0.2) is 0 Å². The fraction of sp³-hybridized carbons (Fsp3) is 0.500. The SMILES string of the molecule is CNC(=O)C[C@H]1C(=O)N(Cc2ccccc2)C[C@@H]1CSC. The molecule has 1 aliphatic heterocycles. The van der Waals surface area contributed by atoms with Crippen LogP contribution in [-0.4, -0.2) is 42.3 Å². The van der Waals surface area contributed by atoms with Gasteiger partial charge in [0.2, 0.25) is 11.8 Å². The van der Waals surface area contributed by atoms with Gasteiger partial charge in [0.25, 0.3) is 0 Å². The summed E-state index contributed by atoms with van der Waals surface area (Å²) in [7, 11) is 1.62. The third-order valence-electron chi connectivity index (χ3n) is 3.93. The van der Waals surface area contributed by atoms with Crippen LogP contribution in [0.5, 0.6) is 0 Å². The molecule has 0 aliphatic carbocycles. The van der Waals surface area contributed by atoms with Gasteiger partial charge in [-0.1, -0.05) is 30.3 Å². The van der Waals surface area contributed by atoms with E-state index in [-0.39, 0.29) is 23.7 Å². The van der Waals surface area contributed by atoms with Crippen molar-refractivity contribution in [1.82, 2.24) is 10.2 Å². The maximum Gasteiger partial charge on any atom is 0.226 e. The summed E-state index contributed by atoms with van der Waals surface area (Å²) in [6.07, 6.45) is 2.34. The minimum atomic E-state index is -0.180. The quantitative estimate of drug-likeness (QED) is 0.871. The largest absolute Gasteiger partial charge is 0.359 e. The Morgan fingerprint density at radius 3 is 2.71 bits per heavy atom. The van der Waals surface area contributed by atoms with Crippen molar-refractivity contribution in [1.29, 1.82) is 0 Å². The molecule has 1 heterocycles. The number of nitrogens with zero attached hydrogens (tertiary/aromatic N) is 1. The number of hydrogen-bond donors (Lipinski definition) is 1. The summed E-state index contributed by atoms with van der Waals surface area (Å²) >= 11 is 1.74. The zero-order valence-electron chi connectivity index (χ0n) is 12.5. The summed E-state index contributed by atoms with van der Waals surface area (Å²) in [4.78, 5) is 26.1. The van der Waals surface area contributed by atoms with E-state index >= 15 is 0 Å². The van der Waals surface area contributed by atoms with Crippen LogP contribution in [0.4, 0.5) is 0 Å². The maximum atomic E-state index is 12.6. The van der Waals surface area contributed by atoms with Crippen molar-refractivity contribution in [2.45, 2.75) is 13.0 Å². The molecule has 1 N–H and O–H groups in total. The molecule has 5 heteroatoms. The molecule has 1 aliphatic rings. The average Bonchev–Trinajstić information content (AvgIpc) is 2.77. The zero-order chi connectivity index (χ0) is 15.2. The van der Waals surface area contributed by atoms with Crippen molar-refractivity contribution in [2.75, 3.05) is 25.6 Å². The van der Waals surface area contributed by atoms with Gasteiger partial charge in [0.05, 0.1) is 5.92 Å². The van der Waals surface area contributed by atoms with Gasteiger partial charge in [-0.3, -0.25) is 9.59 Å². The fourth-order valence-corrected chi connectivity index (χ4v) is 3.59. The highest BCUT2D eigenvalue weighted by atomic mass is 32.2. The molecule has 4 nitrogen and oxygen atoms in total. The molecule has 0 spiro atoms. The number of thioether (sulfide) groups is 1. The van der Waals surface area contributed by atoms with E-state index in [9.17, 15) is 9.59 Å². The van der Waals surface area contributed by atoms with Crippen LogP contribution >= 0.6 is 11.8 Å². The van der Waals surface area contributed by atoms with Crippen LogP contribution < -0.4 is 5.32 Å². The van der Waals surface area contributed by atoms with Gasteiger partial charge in [0.1, 0.15) is 0 Å². The van der Waals surface area contributed by atoms with E-state index < -0.39 is 0 Å². The Morgan fingerprint density at radius 2 is 2.10 bits per heavy atom. The van der Waals surface area contributed by atoms with E-state index in [2.05, 4.69) is 5.32 Å². The molecule has 0 saturated carbocycles. The smallest absolute Gasteiger partial charge is 0.226 e. The molecule has 0 unspecified atom stereocenters. The summed E-state index contributed by atoms with van der Waals surface area (Å²) in [5, 5.41) is 2.62. The number of nitrogens with one attached hydrogen (secondary N) is 1. The number of benzene rings is 1. The van der Waals surface area contributed by atoms with Gasteiger partial charge in [-0.25, -0.2) is 0 Å². The lowest BCUT2D eigenvalue weighted by Crippen LogP contribution is -2.30. The van der Waals surface area contributed by atoms with Crippen molar-refractivity contribution >= 4 is 23.6 Å². The van der Waals surface area contributed by atoms with Crippen molar-refractivity contribution in [3.63, 3.8) is 0 Å². The number of hydrogen-bond acceptors (Lipinski definition) is 3. The van der Waals surface area contributed by atoms with Gasteiger partial charge >= 0.3 is 0 Å². The fourth-order valence-electron chi connectivity index (χ4n) is 2.82. The Labute approximate surface area is 130 Å². The topological polar surface area (TPSA) is 49.4 Å². The highest BCUT2D eigenvalue weighted by Crippen LogP contribution is 2.31.